The molecule has 0 bridgehead atoms. The minimum absolute atomic E-state index is 0.158. The lowest BCUT2D eigenvalue weighted by atomic mass is 9.98. The van der Waals surface area contributed by atoms with Gasteiger partial charge in [-0.2, -0.15) is 0 Å². The Hall–Kier alpha value is -1.55. The predicted molar refractivity (Wildman–Crippen MR) is 76.4 cm³/mol. The first-order chi connectivity index (χ1) is 8.81. The molecule has 4 nitrogen and oxygen atoms in total. The molecule has 0 radical (unpaired) electrons. The summed E-state index contributed by atoms with van der Waals surface area (Å²) in [6.45, 7) is 7.68. The van der Waals surface area contributed by atoms with Gasteiger partial charge in [0, 0.05) is 12.3 Å². The van der Waals surface area contributed by atoms with Gasteiger partial charge in [0.2, 0.25) is 0 Å². The smallest absolute Gasteiger partial charge is 0.412 e. The number of hydrogen-bond acceptors (Lipinski definition) is 3. The molecule has 0 fully saturated rings. The quantitative estimate of drug-likeness (QED) is 0.875. The third-order valence-electron chi connectivity index (χ3n) is 2.66. The Morgan fingerprint density at radius 2 is 2.11 bits per heavy atom. The minimum atomic E-state index is -0.508. The number of aliphatic hydroxyl groups is 1. The number of ether oxygens (including phenoxy) is 1. The maximum Gasteiger partial charge on any atom is 0.412 e. The average Bonchev–Trinajstić information content (AvgIpc) is 2.27. The molecule has 1 amide bonds. The number of benzene rings is 1. The molecule has 0 aromatic heterocycles. The Morgan fingerprint density at radius 3 is 2.68 bits per heavy atom. The van der Waals surface area contributed by atoms with E-state index >= 15 is 0 Å². The molecule has 1 aromatic carbocycles. The van der Waals surface area contributed by atoms with E-state index in [1.807, 2.05) is 52.0 Å². The second-order valence-corrected chi connectivity index (χ2v) is 5.67. The van der Waals surface area contributed by atoms with Crippen LogP contribution in [0.2, 0.25) is 0 Å². The highest BCUT2D eigenvalue weighted by atomic mass is 16.6. The maximum atomic E-state index is 11.7. The van der Waals surface area contributed by atoms with Gasteiger partial charge in [0.25, 0.3) is 0 Å². The van der Waals surface area contributed by atoms with Crippen LogP contribution in [0.4, 0.5) is 10.5 Å². The molecule has 0 unspecified atom stereocenters. The highest BCUT2D eigenvalue weighted by Gasteiger charge is 2.16. The van der Waals surface area contributed by atoms with Gasteiger partial charge in [-0.25, -0.2) is 4.79 Å². The van der Waals surface area contributed by atoms with Crippen LogP contribution in [0.5, 0.6) is 0 Å². The summed E-state index contributed by atoms with van der Waals surface area (Å²) >= 11 is 0. The van der Waals surface area contributed by atoms with E-state index in [1.165, 1.54) is 0 Å². The van der Waals surface area contributed by atoms with E-state index in [2.05, 4.69) is 5.32 Å². The summed E-state index contributed by atoms with van der Waals surface area (Å²) in [6.07, 6.45) is 0.245. The molecule has 1 atom stereocenters. The van der Waals surface area contributed by atoms with Crippen molar-refractivity contribution in [2.24, 2.45) is 0 Å². The summed E-state index contributed by atoms with van der Waals surface area (Å²) in [6, 6.07) is 7.60. The first-order valence-corrected chi connectivity index (χ1v) is 6.52. The van der Waals surface area contributed by atoms with E-state index in [0.717, 1.165) is 5.56 Å². The lowest BCUT2D eigenvalue weighted by Gasteiger charge is -2.20. The monoisotopic (exact) mass is 265 g/mol. The predicted octanol–water partition coefficient (Wildman–Crippen LogP) is 3.52. The fraction of sp³-hybridized carbons (Fsp3) is 0.533. The van der Waals surface area contributed by atoms with E-state index in [-0.39, 0.29) is 12.5 Å². The van der Waals surface area contributed by atoms with E-state index in [4.69, 9.17) is 9.84 Å². The molecule has 0 aliphatic carbocycles. The fourth-order valence-electron chi connectivity index (χ4n) is 1.70. The number of amides is 1. The number of carbonyl (C=O) groups is 1. The van der Waals surface area contributed by atoms with Crippen molar-refractivity contribution in [1.82, 2.24) is 0 Å². The molecule has 0 spiro atoms. The summed E-state index contributed by atoms with van der Waals surface area (Å²) in [5.41, 5.74) is 1.28. The number of aliphatic hydroxyl groups excluding tert-OH is 1. The Labute approximate surface area is 114 Å². The largest absolute Gasteiger partial charge is 0.444 e. The summed E-state index contributed by atoms with van der Waals surface area (Å²) in [5.74, 6) is 0.255. The first kappa shape index (κ1) is 15.5. The fourth-order valence-corrected chi connectivity index (χ4v) is 1.70. The van der Waals surface area contributed by atoms with E-state index in [0.29, 0.717) is 12.1 Å². The molecular formula is C15H23NO3. The van der Waals surface area contributed by atoms with Crippen LogP contribution in [-0.4, -0.2) is 23.4 Å². The highest BCUT2D eigenvalue weighted by molar-refractivity contribution is 5.84. The van der Waals surface area contributed by atoms with Crippen LogP contribution in [0.25, 0.3) is 0 Å². The Morgan fingerprint density at radius 1 is 1.42 bits per heavy atom. The first-order valence-electron chi connectivity index (χ1n) is 6.52. The summed E-state index contributed by atoms with van der Waals surface area (Å²) in [7, 11) is 0. The zero-order valence-corrected chi connectivity index (χ0v) is 12.1. The van der Waals surface area contributed by atoms with Crippen LogP contribution < -0.4 is 5.32 Å². The van der Waals surface area contributed by atoms with Crippen LogP contribution in [0.15, 0.2) is 24.3 Å². The molecule has 0 saturated carbocycles. The molecule has 106 valence electrons. The van der Waals surface area contributed by atoms with Crippen LogP contribution in [0.3, 0.4) is 0 Å². The molecule has 2 N–H and O–H groups in total. The molecule has 1 rings (SSSR count). The third kappa shape index (κ3) is 5.75. The average molecular weight is 265 g/mol. The number of anilines is 1. The Bertz CT molecular complexity index is 424. The topological polar surface area (TPSA) is 58.6 Å². The van der Waals surface area contributed by atoms with Crippen molar-refractivity contribution in [1.29, 1.82) is 0 Å². The number of nitrogens with one attached hydrogen (secondary N) is 1. The van der Waals surface area contributed by atoms with E-state index in [9.17, 15) is 4.79 Å². The van der Waals surface area contributed by atoms with Crippen molar-refractivity contribution in [3.05, 3.63) is 29.8 Å². The molecule has 1 aromatic rings. The van der Waals surface area contributed by atoms with Gasteiger partial charge < -0.3 is 9.84 Å². The van der Waals surface area contributed by atoms with Gasteiger partial charge in [-0.3, -0.25) is 5.32 Å². The summed E-state index contributed by atoms with van der Waals surface area (Å²) in [4.78, 5) is 11.7. The van der Waals surface area contributed by atoms with Gasteiger partial charge in [-0.1, -0.05) is 19.1 Å². The van der Waals surface area contributed by atoms with Crippen molar-refractivity contribution in [2.45, 2.75) is 45.6 Å². The van der Waals surface area contributed by atoms with Gasteiger partial charge in [0.05, 0.1) is 0 Å². The lowest BCUT2D eigenvalue weighted by molar-refractivity contribution is 0.0636. The van der Waals surface area contributed by atoms with Crippen LogP contribution in [0, 0.1) is 0 Å². The van der Waals surface area contributed by atoms with Gasteiger partial charge in [-0.05, 0) is 50.8 Å². The zero-order chi connectivity index (χ0) is 14.5. The van der Waals surface area contributed by atoms with Crippen molar-refractivity contribution in [2.75, 3.05) is 11.9 Å². The van der Waals surface area contributed by atoms with Gasteiger partial charge in [0.1, 0.15) is 5.60 Å². The standard InChI is InChI=1S/C15H23NO3/c1-11(8-9-17)12-6-5-7-13(10-12)16-14(18)19-15(2,3)4/h5-7,10-11,17H,8-9H2,1-4H3,(H,16,18)/t11-/m1/s1. The normalized spacial score (nSPS) is 12.9. The summed E-state index contributed by atoms with van der Waals surface area (Å²) in [5, 5.41) is 11.7. The molecule has 0 aliphatic rings. The van der Waals surface area contributed by atoms with Crippen LogP contribution in [0.1, 0.15) is 45.6 Å². The third-order valence-corrected chi connectivity index (χ3v) is 2.66. The molecular weight excluding hydrogens is 242 g/mol. The maximum absolute atomic E-state index is 11.7. The molecule has 0 aliphatic heterocycles. The van der Waals surface area contributed by atoms with Crippen molar-refractivity contribution in [3.63, 3.8) is 0 Å². The van der Waals surface area contributed by atoms with E-state index < -0.39 is 11.7 Å². The minimum Gasteiger partial charge on any atom is -0.444 e. The van der Waals surface area contributed by atoms with Crippen molar-refractivity contribution >= 4 is 11.8 Å². The van der Waals surface area contributed by atoms with E-state index in [1.54, 1.807) is 0 Å². The van der Waals surface area contributed by atoms with Gasteiger partial charge in [0.15, 0.2) is 0 Å². The Balaban J connectivity index is 2.69. The number of hydrogen-bond donors (Lipinski definition) is 2. The van der Waals surface area contributed by atoms with Gasteiger partial charge in [-0.15, -0.1) is 0 Å². The Kier molecular flexibility index (Phi) is 5.36. The van der Waals surface area contributed by atoms with Gasteiger partial charge >= 0.3 is 6.09 Å². The lowest BCUT2D eigenvalue weighted by Crippen LogP contribution is -2.27. The van der Waals surface area contributed by atoms with Crippen molar-refractivity contribution < 1.29 is 14.6 Å². The molecule has 0 heterocycles. The molecule has 4 heteroatoms. The zero-order valence-electron chi connectivity index (χ0n) is 12.1. The second-order valence-electron chi connectivity index (χ2n) is 5.67. The van der Waals surface area contributed by atoms with Crippen LogP contribution >= 0.6 is 0 Å². The van der Waals surface area contributed by atoms with Crippen molar-refractivity contribution in [3.8, 4) is 0 Å². The second kappa shape index (κ2) is 6.57. The number of rotatable bonds is 4. The van der Waals surface area contributed by atoms with Crippen LogP contribution in [-0.2, 0) is 4.74 Å². The number of carbonyl (C=O) groups excluding carboxylic acids is 1. The molecule has 0 saturated heterocycles. The molecule has 19 heavy (non-hydrogen) atoms. The summed E-state index contributed by atoms with van der Waals surface area (Å²) < 4.78 is 5.20. The highest BCUT2D eigenvalue weighted by Crippen LogP contribution is 2.22. The SMILES string of the molecule is C[C@H](CCO)c1cccc(NC(=O)OC(C)(C)C)c1.